The molecule has 11 nitrogen and oxygen atoms in total. The monoisotopic (exact) mass is 469 g/mol. The average Bonchev–Trinajstić information content (AvgIpc) is 3.19. The first-order chi connectivity index (χ1) is 16.2. The quantitative estimate of drug-likeness (QED) is 0.249. The number of hydrogen-bond donors (Lipinski definition) is 5. The van der Waals surface area contributed by atoms with E-state index in [9.17, 15) is 19.2 Å². The topological polar surface area (TPSA) is 180 Å². The van der Waals surface area contributed by atoms with E-state index in [2.05, 4.69) is 15.3 Å². The number of rotatable bonds is 12. The molecule has 0 aliphatic rings. The molecule has 1 unspecified atom stereocenters. The van der Waals surface area contributed by atoms with Crippen molar-refractivity contribution >= 4 is 34.8 Å². The zero-order chi connectivity index (χ0) is 24.7. The van der Waals surface area contributed by atoms with E-state index in [1.807, 2.05) is 22.9 Å². The summed E-state index contributed by atoms with van der Waals surface area (Å²) in [5, 5.41) is 20.2. The molecule has 0 spiro atoms. The van der Waals surface area contributed by atoms with E-state index in [0.29, 0.717) is 23.1 Å². The van der Waals surface area contributed by atoms with E-state index >= 15 is 0 Å². The third kappa shape index (κ3) is 6.44. The van der Waals surface area contributed by atoms with Crippen LogP contribution >= 0.6 is 0 Å². The molecule has 1 aromatic carbocycles. The molecule has 0 saturated heterocycles. The molecule has 1 amide bonds. The molecule has 0 aliphatic carbocycles. The number of nitrogens with zero attached hydrogens (tertiary/aromatic N) is 2. The fourth-order valence-corrected chi connectivity index (χ4v) is 3.70. The van der Waals surface area contributed by atoms with Gasteiger partial charge in [-0.25, -0.2) is 9.78 Å². The number of aromatic nitrogens is 3. The first kappa shape index (κ1) is 24.5. The highest BCUT2D eigenvalue weighted by Gasteiger charge is 2.21. The molecule has 3 rings (SSSR count). The fraction of sp³-hybridized carbons (Fsp3) is 0.348. The molecule has 180 valence electrons. The molecule has 2 heterocycles. The summed E-state index contributed by atoms with van der Waals surface area (Å²) in [4.78, 5) is 52.9. The fourth-order valence-electron chi connectivity index (χ4n) is 3.70. The Labute approximate surface area is 194 Å². The molecule has 0 fully saturated rings. The Hall–Kier alpha value is -4.15. The minimum atomic E-state index is -1.27. The Morgan fingerprint density at radius 3 is 2.50 bits per heavy atom. The van der Waals surface area contributed by atoms with Gasteiger partial charge in [0.25, 0.3) is 11.5 Å². The average molecular weight is 469 g/mol. The van der Waals surface area contributed by atoms with E-state index in [1.165, 1.54) is 0 Å². The van der Waals surface area contributed by atoms with Gasteiger partial charge in [-0.1, -0.05) is 18.6 Å². The van der Waals surface area contributed by atoms with Crippen LogP contribution in [0.2, 0.25) is 0 Å². The first-order valence-electron chi connectivity index (χ1n) is 10.9. The van der Waals surface area contributed by atoms with Crippen molar-refractivity contribution in [2.75, 3.05) is 5.73 Å². The smallest absolute Gasteiger partial charge is 0.326 e. The van der Waals surface area contributed by atoms with Gasteiger partial charge in [-0.15, -0.1) is 0 Å². The molecule has 1 atom stereocenters. The Balaban J connectivity index is 1.45. The third-order valence-corrected chi connectivity index (χ3v) is 5.47. The lowest BCUT2D eigenvalue weighted by molar-refractivity contribution is -0.140. The van der Waals surface area contributed by atoms with Crippen molar-refractivity contribution < 1.29 is 24.6 Å². The molecule has 3 aromatic rings. The van der Waals surface area contributed by atoms with E-state index in [4.69, 9.17) is 15.9 Å². The van der Waals surface area contributed by atoms with Gasteiger partial charge in [0.2, 0.25) is 5.95 Å². The number of nitrogens with two attached hydrogens (primary N) is 1. The summed E-state index contributed by atoms with van der Waals surface area (Å²) >= 11 is 0. The molecule has 0 bridgehead atoms. The number of nitrogen functional groups attached to an aromatic ring is 1. The standard InChI is InChI=1S/C23H27N5O6/c24-23-26-16-11-13-28(19(16)21(32)27-23)12-3-1-2-4-14-5-7-15(8-6-14)20(31)25-17(22(33)34)9-10-18(29)30/h5-8,11,13,17H,1-4,9-10,12H2,(H,25,31)(H,29,30)(H,33,34)(H3,24,26,27,32). The molecule has 34 heavy (non-hydrogen) atoms. The second kappa shape index (κ2) is 11.1. The van der Waals surface area contributed by atoms with Crippen LogP contribution < -0.4 is 16.6 Å². The first-order valence-corrected chi connectivity index (χ1v) is 10.9. The third-order valence-electron chi connectivity index (χ3n) is 5.47. The number of aliphatic carboxylic acids is 2. The van der Waals surface area contributed by atoms with Crippen molar-refractivity contribution in [2.45, 2.75) is 51.1 Å². The molecule has 0 saturated carbocycles. The lowest BCUT2D eigenvalue weighted by atomic mass is 10.0. The number of carbonyl (C=O) groups excluding carboxylic acids is 1. The lowest BCUT2D eigenvalue weighted by Gasteiger charge is -2.13. The highest BCUT2D eigenvalue weighted by molar-refractivity contribution is 5.96. The minimum absolute atomic E-state index is 0.0960. The number of carboxylic acids is 2. The number of aryl methyl sites for hydroxylation is 2. The molecule has 2 aromatic heterocycles. The Kier molecular flexibility index (Phi) is 8.01. The number of unbranched alkanes of at least 4 members (excludes halogenated alkanes) is 2. The highest BCUT2D eigenvalue weighted by atomic mass is 16.4. The van der Waals surface area contributed by atoms with Crippen LogP contribution in [0, 0.1) is 0 Å². The van der Waals surface area contributed by atoms with Crippen LogP contribution in [-0.4, -0.2) is 48.6 Å². The summed E-state index contributed by atoms with van der Waals surface area (Å²) in [6.07, 6.45) is 4.83. The van der Waals surface area contributed by atoms with Crippen LogP contribution in [0.4, 0.5) is 5.95 Å². The number of carbonyl (C=O) groups is 3. The largest absolute Gasteiger partial charge is 0.481 e. The predicted octanol–water partition coefficient (Wildman–Crippen LogP) is 1.77. The van der Waals surface area contributed by atoms with Crippen LogP contribution in [0.1, 0.15) is 48.0 Å². The van der Waals surface area contributed by atoms with Crippen LogP contribution in [0.5, 0.6) is 0 Å². The van der Waals surface area contributed by atoms with Crippen molar-refractivity contribution in [1.82, 2.24) is 19.9 Å². The van der Waals surface area contributed by atoms with Gasteiger partial charge >= 0.3 is 11.9 Å². The zero-order valence-electron chi connectivity index (χ0n) is 18.5. The Bertz CT molecular complexity index is 1230. The molecular formula is C23H27N5O6. The highest BCUT2D eigenvalue weighted by Crippen LogP contribution is 2.13. The molecular weight excluding hydrogens is 442 g/mol. The van der Waals surface area contributed by atoms with E-state index in [1.54, 1.807) is 18.2 Å². The number of benzene rings is 1. The van der Waals surface area contributed by atoms with E-state index in [-0.39, 0.29) is 24.3 Å². The lowest BCUT2D eigenvalue weighted by Crippen LogP contribution is -2.41. The van der Waals surface area contributed by atoms with Crippen molar-refractivity contribution in [1.29, 1.82) is 0 Å². The molecule has 0 aliphatic heterocycles. The number of H-pyrrole nitrogens is 1. The summed E-state index contributed by atoms with van der Waals surface area (Å²) in [5.74, 6) is -2.86. The van der Waals surface area contributed by atoms with Gasteiger partial charge in [0.1, 0.15) is 11.6 Å². The van der Waals surface area contributed by atoms with Gasteiger partial charge in [-0.05, 0) is 49.4 Å². The van der Waals surface area contributed by atoms with E-state index in [0.717, 1.165) is 31.2 Å². The number of anilines is 1. The number of amides is 1. The van der Waals surface area contributed by atoms with Gasteiger partial charge in [-0.2, -0.15) is 0 Å². The maximum Gasteiger partial charge on any atom is 0.326 e. The van der Waals surface area contributed by atoms with Crippen molar-refractivity contribution in [3.05, 3.63) is 58.0 Å². The van der Waals surface area contributed by atoms with Gasteiger partial charge in [0.15, 0.2) is 0 Å². The van der Waals surface area contributed by atoms with Crippen LogP contribution in [0.25, 0.3) is 11.0 Å². The number of aromatic amines is 1. The molecule has 6 N–H and O–H groups in total. The number of nitrogens with one attached hydrogen (secondary N) is 2. The van der Waals surface area contributed by atoms with Crippen molar-refractivity contribution in [3.63, 3.8) is 0 Å². The van der Waals surface area contributed by atoms with Gasteiger partial charge in [0, 0.05) is 24.7 Å². The number of carboxylic acid groups (broad SMARTS) is 2. The Morgan fingerprint density at radius 1 is 1.09 bits per heavy atom. The van der Waals surface area contributed by atoms with Crippen LogP contribution in [0.15, 0.2) is 41.3 Å². The summed E-state index contributed by atoms with van der Waals surface area (Å²) < 4.78 is 1.87. The number of fused-ring (bicyclic) bond motifs is 1. The maximum atomic E-state index is 12.3. The molecule has 11 heteroatoms. The maximum absolute atomic E-state index is 12.3. The zero-order valence-corrected chi connectivity index (χ0v) is 18.5. The summed E-state index contributed by atoms with van der Waals surface area (Å²) in [6.45, 7) is 0.684. The predicted molar refractivity (Wildman–Crippen MR) is 125 cm³/mol. The Morgan fingerprint density at radius 2 is 1.82 bits per heavy atom. The second-order valence-electron chi connectivity index (χ2n) is 8.00. The minimum Gasteiger partial charge on any atom is -0.481 e. The van der Waals surface area contributed by atoms with Crippen molar-refractivity contribution in [3.8, 4) is 0 Å². The van der Waals surface area contributed by atoms with Gasteiger partial charge in [-0.3, -0.25) is 19.4 Å². The summed E-state index contributed by atoms with van der Waals surface area (Å²) in [7, 11) is 0. The van der Waals surface area contributed by atoms with Crippen LogP contribution in [0.3, 0.4) is 0 Å². The SMILES string of the molecule is Nc1nc2ccn(CCCCCc3ccc(C(=O)NC(CCC(=O)O)C(=O)O)cc3)c2c(=O)[nH]1. The normalized spacial score (nSPS) is 11.9. The van der Waals surface area contributed by atoms with Gasteiger partial charge < -0.3 is 25.8 Å². The summed E-state index contributed by atoms with van der Waals surface area (Å²) in [5.41, 5.74) is 7.74. The van der Waals surface area contributed by atoms with Crippen molar-refractivity contribution in [2.24, 2.45) is 0 Å². The summed E-state index contributed by atoms with van der Waals surface area (Å²) in [6, 6.07) is 7.39. The van der Waals surface area contributed by atoms with E-state index < -0.39 is 23.9 Å². The van der Waals surface area contributed by atoms with Crippen LogP contribution in [-0.2, 0) is 22.6 Å². The van der Waals surface area contributed by atoms with Gasteiger partial charge in [0.05, 0.1) is 5.52 Å². The molecule has 0 radical (unpaired) electrons. The number of hydrogen-bond acceptors (Lipinski definition) is 6. The second-order valence-corrected chi connectivity index (χ2v) is 8.00.